The molecule has 0 radical (unpaired) electrons. The summed E-state index contributed by atoms with van der Waals surface area (Å²) in [5, 5.41) is 9.30. The highest BCUT2D eigenvalue weighted by Gasteiger charge is 2.15. The van der Waals surface area contributed by atoms with Crippen LogP contribution in [-0.4, -0.2) is 39.9 Å². The number of ether oxygens (including phenoxy) is 2. The van der Waals surface area contributed by atoms with E-state index in [1.165, 1.54) is 12.1 Å². The summed E-state index contributed by atoms with van der Waals surface area (Å²) in [5.41, 5.74) is 0.453. The molecule has 0 heterocycles. The normalized spacial score (nSPS) is 11.6. The molecule has 0 atom stereocenters. The van der Waals surface area contributed by atoms with Gasteiger partial charge in [0.2, 0.25) is 10.0 Å². The summed E-state index contributed by atoms with van der Waals surface area (Å²) in [4.78, 5) is 0.117. The maximum Gasteiger partial charge on any atom is 0.240 e. The fourth-order valence-electron chi connectivity index (χ4n) is 1.75. The van der Waals surface area contributed by atoms with Gasteiger partial charge in [-0.1, -0.05) is 0 Å². The van der Waals surface area contributed by atoms with Crippen LogP contribution >= 0.6 is 0 Å². The summed E-state index contributed by atoms with van der Waals surface area (Å²) in [6, 6.07) is 4.45. The highest BCUT2D eigenvalue weighted by atomic mass is 32.2. The Balaban J connectivity index is 2.74. The van der Waals surface area contributed by atoms with E-state index in [0.29, 0.717) is 44.1 Å². The van der Waals surface area contributed by atoms with Crippen LogP contribution in [0.15, 0.2) is 23.1 Å². The molecule has 1 aromatic carbocycles. The Morgan fingerprint density at radius 2 is 2.00 bits per heavy atom. The van der Waals surface area contributed by atoms with Crippen molar-refractivity contribution in [1.29, 1.82) is 0 Å². The Labute approximate surface area is 126 Å². The minimum absolute atomic E-state index is 0.117. The SMILES string of the molecule is CCOCCCNS(=O)(=O)c1ccc(OCC)c(CO)c1. The van der Waals surface area contributed by atoms with Crippen molar-refractivity contribution in [2.75, 3.05) is 26.4 Å². The lowest BCUT2D eigenvalue weighted by Gasteiger charge is -2.11. The number of aliphatic hydroxyl groups excluding tert-OH is 1. The van der Waals surface area contributed by atoms with Crippen molar-refractivity contribution in [3.8, 4) is 5.75 Å². The van der Waals surface area contributed by atoms with E-state index in [4.69, 9.17) is 9.47 Å². The molecule has 0 bridgehead atoms. The first-order valence-electron chi connectivity index (χ1n) is 6.99. The second kappa shape index (κ2) is 8.99. The van der Waals surface area contributed by atoms with Gasteiger partial charge in [0.25, 0.3) is 0 Å². The van der Waals surface area contributed by atoms with Crippen LogP contribution in [0.3, 0.4) is 0 Å². The Bertz CT molecular complexity index is 530. The zero-order chi connectivity index (χ0) is 15.7. The molecule has 1 aromatic rings. The zero-order valence-corrected chi connectivity index (χ0v) is 13.3. The minimum Gasteiger partial charge on any atom is -0.494 e. The average molecular weight is 317 g/mol. The van der Waals surface area contributed by atoms with E-state index in [0.717, 1.165) is 0 Å². The number of aliphatic hydroxyl groups is 1. The molecule has 0 amide bonds. The van der Waals surface area contributed by atoms with Crippen LogP contribution in [-0.2, 0) is 21.4 Å². The van der Waals surface area contributed by atoms with Crippen LogP contribution in [0.2, 0.25) is 0 Å². The molecule has 0 saturated carbocycles. The summed E-state index contributed by atoms with van der Waals surface area (Å²) in [6.45, 7) is 5.34. The lowest BCUT2D eigenvalue weighted by Crippen LogP contribution is -2.25. The Morgan fingerprint density at radius 1 is 1.24 bits per heavy atom. The van der Waals surface area contributed by atoms with E-state index < -0.39 is 10.0 Å². The summed E-state index contributed by atoms with van der Waals surface area (Å²) in [6.07, 6.45) is 0.608. The number of hydrogen-bond acceptors (Lipinski definition) is 5. The summed E-state index contributed by atoms with van der Waals surface area (Å²) in [7, 11) is -3.58. The number of nitrogens with one attached hydrogen (secondary N) is 1. The van der Waals surface area contributed by atoms with Gasteiger partial charge in [-0.25, -0.2) is 13.1 Å². The number of sulfonamides is 1. The first-order chi connectivity index (χ1) is 10.0. The average Bonchev–Trinajstić information content (AvgIpc) is 2.47. The molecule has 7 heteroatoms. The second-order valence-electron chi connectivity index (χ2n) is 4.31. The van der Waals surface area contributed by atoms with Crippen LogP contribution in [0.25, 0.3) is 0 Å². The number of rotatable bonds is 10. The molecule has 120 valence electrons. The van der Waals surface area contributed by atoms with Gasteiger partial charge in [0.05, 0.1) is 18.1 Å². The largest absolute Gasteiger partial charge is 0.494 e. The van der Waals surface area contributed by atoms with E-state index in [1.807, 2.05) is 13.8 Å². The Morgan fingerprint density at radius 3 is 2.62 bits per heavy atom. The molecule has 0 aliphatic rings. The van der Waals surface area contributed by atoms with Crippen molar-refractivity contribution in [3.63, 3.8) is 0 Å². The highest BCUT2D eigenvalue weighted by molar-refractivity contribution is 7.89. The quantitative estimate of drug-likeness (QED) is 0.635. The van der Waals surface area contributed by atoms with Gasteiger partial charge < -0.3 is 14.6 Å². The van der Waals surface area contributed by atoms with Gasteiger partial charge in [-0.05, 0) is 38.5 Å². The number of hydrogen-bond donors (Lipinski definition) is 2. The molecule has 0 aromatic heterocycles. The standard InChI is InChI=1S/C14H23NO5S/c1-3-19-9-5-8-15-21(17,18)13-6-7-14(20-4-2)12(10-13)11-16/h6-7,10,15-16H,3-5,8-9,11H2,1-2H3. The predicted octanol–water partition coefficient (Wildman–Crippen LogP) is 1.28. The third-order valence-corrected chi connectivity index (χ3v) is 4.23. The molecule has 0 spiro atoms. The van der Waals surface area contributed by atoms with Gasteiger partial charge >= 0.3 is 0 Å². The lowest BCUT2D eigenvalue weighted by molar-refractivity contribution is 0.146. The van der Waals surface area contributed by atoms with Crippen molar-refractivity contribution in [2.24, 2.45) is 0 Å². The van der Waals surface area contributed by atoms with Crippen molar-refractivity contribution < 1.29 is 23.0 Å². The fraction of sp³-hybridized carbons (Fsp3) is 0.571. The number of benzene rings is 1. The van der Waals surface area contributed by atoms with Crippen molar-refractivity contribution in [1.82, 2.24) is 4.72 Å². The van der Waals surface area contributed by atoms with E-state index in [2.05, 4.69) is 4.72 Å². The van der Waals surface area contributed by atoms with Crippen molar-refractivity contribution >= 4 is 10.0 Å². The highest BCUT2D eigenvalue weighted by Crippen LogP contribution is 2.22. The summed E-state index contributed by atoms with van der Waals surface area (Å²) < 4.78 is 37.2. The van der Waals surface area contributed by atoms with Crippen molar-refractivity contribution in [2.45, 2.75) is 31.8 Å². The van der Waals surface area contributed by atoms with E-state index >= 15 is 0 Å². The molecule has 1 rings (SSSR count). The van der Waals surface area contributed by atoms with Crippen LogP contribution in [0.4, 0.5) is 0 Å². The summed E-state index contributed by atoms with van der Waals surface area (Å²) in [5.74, 6) is 0.496. The molecule has 6 nitrogen and oxygen atoms in total. The van der Waals surface area contributed by atoms with Gasteiger partial charge in [-0.15, -0.1) is 0 Å². The van der Waals surface area contributed by atoms with E-state index in [9.17, 15) is 13.5 Å². The van der Waals surface area contributed by atoms with Gasteiger partial charge in [0.1, 0.15) is 5.75 Å². The Hall–Kier alpha value is -1.15. The van der Waals surface area contributed by atoms with Crippen LogP contribution < -0.4 is 9.46 Å². The van der Waals surface area contributed by atoms with Crippen molar-refractivity contribution in [3.05, 3.63) is 23.8 Å². The maximum absolute atomic E-state index is 12.1. The van der Waals surface area contributed by atoms with Gasteiger partial charge in [0.15, 0.2) is 0 Å². The van der Waals surface area contributed by atoms with E-state index in [1.54, 1.807) is 6.07 Å². The van der Waals surface area contributed by atoms with Gasteiger partial charge in [-0.3, -0.25) is 0 Å². The second-order valence-corrected chi connectivity index (χ2v) is 6.08. The molecule has 0 fully saturated rings. The first kappa shape index (κ1) is 17.9. The van der Waals surface area contributed by atoms with Crippen LogP contribution in [0.5, 0.6) is 5.75 Å². The third kappa shape index (κ3) is 5.62. The van der Waals surface area contributed by atoms with Crippen LogP contribution in [0.1, 0.15) is 25.8 Å². The maximum atomic E-state index is 12.1. The monoisotopic (exact) mass is 317 g/mol. The van der Waals surface area contributed by atoms with Gasteiger partial charge in [-0.2, -0.15) is 0 Å². The zero-order valence-electron chi connectivity index (χ0n) is 12.5. The molecule has 0 aliphatic carbocycles. The third-order valence-electron chi connectivity index (χ3n) is 2.77. The topological polar surface area (TPSA) is 84.9 Å². The lowest BCUT2D eigenvalue weighted by atomic mass is 10.2. The molecule has 2 N–H and O–H groups in total. The van der Waals surface area contributed by atoms with Crippen LogP contribution in [0, 0.1) is 0 Å². The molecular weight excluding hydrogens is 294 g/mol. The molecule has 0 saturated heterocycles. The Kier molecular flexibility index (Phi) is 7.66. The van der Waals surface area contributed by atoms with Gasteiger partial charge in [0, 0.05) is 25.3 Å². The summed E-state index contributed by atoms with van der Waals surface area (Å²) >= 11 is 0. The molecule has 0 unspecified atom stereocenters. The predicted molar refractivity (Wildman–Crippen MR) is 79.8 cm³/mol. The smallest absolute Gasteiger partial charge is 0.240 e. The minimum atomic E-state index is -3.58. The first-order valence-corrected chi connectivity index (χ1v) is 8.47. The molecule has 21 heavy (non-hydrogen) atoms. The van der Waals surface area contributed by atoms with E-state index in [-0.39, 0.29) is 11.5 Å². The molecule has 0 aliphatic heterocycles. The molecular formula is C14H23NO5S. The fourth-order valence-corrected chi connectivity index (χ4v) is 2.88.